The Labute approximate surface area is 139 Å². The molecule has 0 aliphatic carbocycles. The fraction of sp³-hybridized carbons (Fsp3) is 0.278. The van der Waals surface area contributed by atoms with Crippen LogP contribution in [0.15, 0.2) is 36.5 Å². The minimum Gasteiger partial charge on any atom is -0.394 e. The number of hydrogen-bond acceptors (Lipinski definition) is 3. The Hall–Kier alpha value is -2.11. The molecular formula is C18H20N2O2S. The Bertz CT molecular complexity index is 815. The summed E-state index contributed by atoms with van der Waals surface area (Å²) in [4.78, 5) is 17.4. The largest absolute Gasteiger partial charge is 0.394 e. The average Bonchev–Trinajstić information content (AvgIpc) is 3.11. The van der Waals surface area contributed by atoms with Crippen molar-refractivity contribution >= 4 is 28.1 Å². The number of para-hydroxylation sites is 1. The molecule has 0 bridgehead atoms. The Morgan fingerprint density at radius 2 is 2.13 bits per heavy atom. The lowest BCUT2D eigenvalue weighted by molar-refractivity contribution is 0.0920. The minimum atomic E-state index is -0.301. The monoisotopic (exact) mass is 328 g/mol. The van der Waals surface area contributed by atoms with Crippen molar-refractivity contribution in [2.75, 3.05) is 6.61 Å². The predicted molar refractivity (Wildman–Crippen MR) is 94.1 cm³/mol. The van der Waals surface area contributed by atoms with Crippen LogP contribution in [0.3, 0.4) is 0 Å². The number of aryl methyl sites for hydroxylation is 2. The summed E-state index contributed by atoms with van der Waals surface area (Å²) in [5.74, 6) is -0.120. The number of H-pyrrole nitrogens is 1. The first-order valence-electron chi connectivity index (χ1n) is 7.62. The maximum atomic E-state index is 12.4. The SMILES string of the molecule is Cc1cc(C(=O)N[C@H](CO)Cc2c[nH]c3ccccc23)sc1C. The highest BCUT2D eigenvalue weighted by Crippen LogP contribution is 2.22. The van der Waals surface area contributed by atoms with E-state index in [0.717, 1.165) is 26.9 Å². The van der Waals surface area contributed by atoms with E-state index in [-0.39, 0.29) is 18.6 Å². The molecule has 0 fully saturated rings. The normalized spacial score (nSPS) is 12.5. The van der Waals surface area contributed by atoms with E-state index in [2.05, 4.69) is 10.3 Å². The van der Waals surface area contributed by atoms with Crippen molar-refractivity contribution in [1.29, 1.82) is 0 Å². The Balaban J connectivity index is 1.74. The highest BCUT2D eigenvalue weighted by Gasteiger charge is 2.17. The molecule has 5 heteroatoms. The van der Waals surface area contributed by atoms with E-state index in [1.165, 1.54) is 11.3 Å². The van der Waals surface area contributed by atoms with Gasteiger partial charge in [0.2, 0.25) is 0 Å². The van der Waals surface area contributed by atoms with Gasteiger partial charge >= 0.3 is 0 Å². The number of nitrogens with one attached hydrogen (secondary N) is 2. The highest BCUT2D eigenvalue weighted by atomic mass is 32.1. The van der Waals surface area contributed by atoms with Gasteiger partial charge in [0, 0.05) is 22.0 Å². The van der Waals surface area contributed by atoms with Gasteiger partial charge in [0.15, 0.2) is 0 Å². The zero-order chi connectivity index (χ0) is 16.4. The van der Waals surface area contributed by atoms with Crippen LogP contribution in [0.5, 0.6) is 0 Å². The molecule has 23 heavy (non-hydrogen) atoms. The lowest BCUT2D eigenvalue weighted by atomic mass is 10.1. The minimum absolute atomic E-state index is 0.0887. The van der Waals surface area contributed by atoms with Crippen LogP contribution in [0.2, 0.25) is 0 Å². The van der Waals surface area contributed by atoms with Gasteiger partial charge in [-0.2, -0.15) is 0 Å². The maximum absolute atomic E-state index is 12.4. The second-order valence-corrected chi connectivity index (χ2v) is 7.02. The van der Waals surface area contributed by atoms with Crippen molar-refractivity contribution in [2.24, 2.45) is 0 Å². The van der Waals surface area contributed by atoms with Crippen LogP contribution in [-0.4, -0.2) is 28.6 Å². The summed E-state index contributed by atoms with van der Waals surface area (Å²) in [5, 5.41) is 13.7. The predicted octanol–water partition coefficient (Wildman–Crippen LogP) is 3.18. The highest BCUT2D eigenvalue weighted by molar-refractivity contribution is 7.14. The van der Waals surface area contributed by atoms with E-state index in [1.807, 2.05) is 50.4 Å². The van der Waals surface area contributed by atoms with Crippen LogP contribution in [0.25, 0.3) is 10.9 Å². The number of aromatic nitrogens is 1. The van der Waals surface area contributed by atoms with Gasteiger partial charge in [0.05, 0.1) is 17.5 Å². The van der Waals surface area contributed by atoms with Crippen LogP contribution < -0.4 is 5.32 Å². The fourth-order valence-electron chi connectivity index (χ4n) is 2.67. The molecule has 3 aromatic rings. The van der Waals surface area contributed by atoms with E-state index in [4.69, 9.17) is 0 Å². The number of carbonyl (C=O) groups is 1. The first-order chi connectivity index (χ1) is 11.1. The molecule has 0 spiro atoms. The molecule has 0 aliphatic heterocycles. The van der Waals surface area contributed by atoms with E-state index in [9.17, 15) is 9.90 Å². The number of hydrogen-bond donors (Lipinski definition) is 3. The lowest BCUT2D eigenvalue weighted by Gasteiger charge is -2.15. The van der Waals surface area contributed by atoms with Gasteiger partial charge in [-0.05, 0) is 43.5 Å². The molecule has 0 aliphatic rings. The standard InChI is InChI=1S/C18H20N2O2S/c1-11-7-17(23-12(11)2)18(22)20-14(10-21)8-13-9-19-16-6-4-3-5-15(13)16/h3-7,9,14,19,21H,8,10H2,1-2H3,(H,20,22)/t14-/m0/s1. The van der Waals surface area contributed by atoms with Gasteiger partial charge in [-0.15, -0.1) is 11.3 Å². The number of fused-ring (bicyclic) bond motifs is 1. The Morgan fingerprint density at radius 1 is 1.35 bits per heavy atom. The van der Waals surface area contributed by atoms with Gasteiger partial charge < -0.3 is 15.4 Å². The third kappa shape index (κ3) is 3.30. The van der Waals surface area contributed by atoms with E-state index in [0.29, 0.717) is 11.3 Å². The number of rotatable bonds is 5. The number of aromatic amines is 1. The van der Waals surface area contributed by atoms with Crippen LogP contribution in [0.4, 0.5) is 0 Å². The van der Waals surface area contributed by atoms with Gasteiger partial charge in [-0.3, -0.25) is 4.79 Å². The quantitative estimate of drug-likeness (QED) is 0.673. The van der Waals surface area contributed by atoms with Crippen molar-refractivity contribution in [1.82, 2.24) is 10.3 Å². The molecule has 0 unspecified atom stereocenters. The van der Waals surface area contributed by atoms with Gasteiger partial charge in [-0.25, -0.2) is 0 Å². The van der Waals surface area contributed by atoms with E-state index in [1.54, 1.807) is 0 Å². The number of aliphatic hydroxyl groups is 1. The third-order valence-electron chi connectivity index (χ3n) is 4.09. The first-order valence-corrected chi connectivity index (χ1v) is 8.44. The molecule has 3 N–H and O–H groups in total. The summed E-state index contributed by atoms with van der Waals surface area (Å²) < 4.78 is 0. The Kier molecular flexibility index (Phi) is 4.50. The summed E-state index contributed by atoms with van der Waals surface area (Å²) in [6, 6.07) is 9.63. The molecule has 2 heterocycles. The fourth-order valence-corrected chi connectivity index (χ4v) is 3.61. The summed E-state index contributed by atoms with van der Waals surface area (Å²) >= 11 is 1.49. The molecule has 1 aromatic carbocycles. The van der Waals surface area contributed by atoms with Gasteiger partial charge in [0.1, 0.15) is 0 Å². The van der Waals surface area contributed by atoms with E-state index < -0.39 is 0 Å². The summed E-state index contributed by atoms with van der Waals surface area (Å²) in [6.07, 6.45) is 2.54. The van der Waals surface area contributed by atoms with Crippen molar-refractivity contribution in [3.63, 3.8) is 0 Å². The summed E-state index contributed by atoms with van der Waals surface area (Å²) in [5.41, 5.74) is 3.28. The molecule has 2 aromatic heterocycles. The summed E-state index contributed by atoms with van der Waals surface area (Å²) in [7, 11) is 0. The molecule has 0 radical (unpaired) electrons. The molecule has 1 atom stereocenters. The lowest BCUT2D eigenvalue weighted by Crippen LogP contribution is -2.38. The number of benzene rings is 1. The molecule has 120 valence electrons. The van der Waals surface area contributed by atoms with Crippen molar-refractivity contribution in [3.05, 3.63) is 57.4 Å². The number of carbonyl (C=O) groups excluding carboxylic acids is 1. The zero-order valence-electron chi connectivity index (χ0n) is 13.2. The number of thiophene rings is 1. The number of aliphatic hydroxyl groups excluding tert-OH is 1. The van der Waals surface area contributed by atoms with Gasteiger partial charge in [-0.1, -0.05) is 18.2 Å². The average molecular weight is 328 g/mol. The van der Waals surface area contributed by atoms with Crippen LogP contribution >= 0.6 is 11.3 Å². The second kappa shape index (κ2) is 6.56. The summed E-state index contributed by atoms with van der Waals surface area (Å²) in [6.45, 7) is 3.92. The van der Waals surface area contributed by atoms with Crippen LogP contribution in [0.1, 0.15) is 25.7 Å². The maximum Gasteiger partial charge on any atom is 0.261 e. The van der Waals surface area contributed by atoms with Crippen molar-refractivity contribution < 1.29 is 9.90 Å². The molecule has 0 saturated heterocycles. The van der Waals surface area contributed by atoms with Crippen molar-refractivity contribution in [2.45, 2.75) is 26.3 Å². The Morgan fingerprint density at radius 3 is 2.83 bits per heavy atom. The molecular weight excluding hydrogens is 308 g/mol. The first kappa shape index (κ1) is 15.8. The number of amides is 1. The molecule has 3 rings (SSSR count). The van der Waals surface area contributed by atoms with Crippen LogP contribution in [0, 0.1) is 13.8 Å². The smallest absolute Gasteiger partial charge is 0.261 e. The zero-order valence-corrected chi connectivity index (χ0v) is 14.0. The van der Waals surface area contributed by atoms with Gasteiger partial charge in [0.25, 0.3) is 5.91 Å². The van der Waals surface area contributed by atoms with Crippen LogP contribution in [-0.2, 0) is 6.42 Å². The van der Waals surface area contributed by atoms with Crippen molar-refractivity contribution in [3.8, 4) is 0 Å². The molecule has 4 nitrogen and oxygen atoms in total. The second-order valence-electron chi connectivity index (χ2n) is 5.77. The van der Waals surface area contributed by atoms with E-state index >= 15 is 0 Å². The third-order valence-corrected chi connectivity index (χ3v) is 5.24. The topological polar surface area (TPSA) is 65.1 Å². The molecule has 0 saturated carbocycles. The molecule has 1 amide bonds.